The molecule has 2 aliphatic carbocycles. The average Bonchev–Trinajstić information content (AvgIpc) is 3.24. The first-order valence-corrected chi connectivity index (χ1v) is 8.48. The summed E-state index contributed by atoms with van der Waals surface area (Å²) in [5, 5.41) is 4.54. The topological polar surface area (TPSA) is 51.2 Å². The van der Waals surface area contributed by atoms with E-state index >= 15 is 0 Å². The quantitative estimate of drug-likeness (QED) is 0.880. The summed E-state index contributed by atoms with van der Waals surface area (Å²) >= 11 is 1.70. The third-order valence-electron chi connectivity index (χ3n) is 4.71. The lowest BCUT2D eigenvalue weighted by molar-refractivity contribution is -0.136. The van der Waals surface area contributed by atoms with Gasteiger partial charge in [-0.2, -0.15) is 0 Å². The molecule has 22 heavy (non-hydrogen) atoms. The first-order valence-electron chi connectivity index (χ1n) is 7.67. The molecule has 1 aromatic carbocycles. The Kier molecular flexibility index (Phi) is 3.37. The number of ether oxygens (including phenoxy) is 1. The zero-order valence-electron chi connectivity index (χ0n) is 12.5. The number of benzene rings is 1. The highest BCUT2D eigenvalue weighted by atomic mass is 32.1. The van der Waals surface area contributed by atoms with Crippen LogP contribution in [0.1, 0.15) is 24.3 Å². The van der Waals surface area contributed by atoms with E-state index in [2.05, 4.69) is 16.4 Å². The van der Waals surface area contributed by atoms with Gasteiger partial charge in [-0.05, 0) is 43.2 Å². The van der Waals surface area contributed by atoms with Crippen molar-refractivity contribution >= 4 is 27.5 Å². The van der Waals surface area contributed by atoms with Gasteiger partial charge in [-0.3, -0.25) is 0 Å². The monoisotopic (exact) mass is 314 g/mol. The molecule has 2 bridgehead atoms. The van der Waals surface area contributed by atoms with Gasteiger partial charge in [0.15, 0.2) is 0 Å². The van der Waals surface area contributed by atoms with Crippen LogP contribution in [-0.2, 0) is 16.1 Å². The van der Waals surface area contributed by atoms with Crippen molar-refractivity contribution < 1.29 is 9.53 Å². The Morgan fingerprint density at radius 1 is 1.36 bits per heavy atom. The van der Waals surface area contributed by atoms with Crippen molar-refractivity contribution in [2.75, 3.05) is 7.11 Å². The van der Waals surface area contributed by atoms with Crippen LogP contribution in [0.5, 0.6) is 0 Å². The van der Waals surface area contributed by atoms with E-state index in [0.717, 1.165) is 34.6 Å². The highest BCUT2D eigenvalue weighted by Crippen LogP contribution is 2.47. The van der Waals surface area contributed by atoms with Crippen molar-refractivity contribution in [1.82, 2.24) is 10.3 Å². The first-order chi connectivity index (χ1) is 10.8. The van der Waals surface area contributed by atoms with Gasteiger partial charge >= 0.3 is 5.97 Å². The van der Waals surface area contributed by atoms with Crippen molar-refractivity contribution in [3.05, 3.63) is 40.5 Å². The van der Waals surface area contributed by atoms with Crippen molar-refractivity contribution in [2.24, 2.45) is 11.8 Å². The number of methoxy groups -OCH3 is 1. The number of carbonyl (C=O) groups excluding carboxylic acids is 1. The van der Waals surface area contributed by atoms with Gasteiger partial charge in [0.1, 0.15) is 5.01 Å². The Hall–Kier alpha value is -1.88. The van der Waals surface area contributed by atoms with Crippen molar-refractivity contribution in [2.45, 2.75) is 25.8 Å². The summed E-state index contributed by atoms with van der Waals surface area (Å²) < 4.78 is 6.17. The molecule has 4 rings (SSSR count). The van der Waals surface area contributed by atoms with E-state index in [-0.39, 0.29) is 5.97 Å². The maximum atomic E-state index is 12.0. The molecule has 5 heteroatoms. The second-order valence-corrected chi connectivity index (χ2v) is 7.07. The van der Waals surface area contributed by atoms with E-state index in [9.17, 15) is 4.79 Å². The number of fused-ring (bicyclic) bond motifs is 3. The molecule has 114 valence electrons. The second kappa shape index (κ2) is 5.39. The smallest absolute Gasteiger partial charge is 0.335 e. The van der Waals surface area contributed by atoms with Gasteiger partial charge in [0.05, 0.1) is 29.4 Å². The molecule has 2 atom stereocenters. The third kappa shape index (κ3) is 2.20. The van der Waals surface area contributed by atoms with Gasteiger partial charge in [0, 0.05) is 5.70 Å². The molecule has 1 saturated carbocycles. The van der Waals surface area contributed by atoms with E-state index < -0.39 is 0 Å². The Morgan fingerprint density at radius 3 is 3.00 bits per heavy atom. The Morgan fingerprint density at radius 2 is 2.18 bits per heavy atom. The Balaban J connectivity index is 1.57. The van der Waals surface area contributed by atoms with Crippen LogP contribution >= 0.6 is 11.3 Å². The minimum Gasteiger partial charge on any atom is -0.466 e. The van der Waals surface area contributed by atoms with Crippen LogP contribution < -0.4 is 5.32 Å². The fraction of sp³-hybridized carbons (Fsp3) is 0.412. The van der Waals surface area contributed by atoms with E-state index in [1.807, 2.05) is 18.2 Å². The van der Waals surface area contributed by atoms with E-state index in [0.29, 0.717) is 18.4 Å². The van der Waals surface area contributed by atoms with Crippen LogP contribution in [0.3, 0.4) is 0 Å². The highest BCUT2D eigenvalue weighted by molar-refractivity contribution is 7.18. The third-order valence-corrected chi connectivity index (χ3v) is 5.75. The number of carbonyl (C=O) groups is 1. The van der Waals surface area contributed by atoms with Crippen LogP contribution in [0.4, 0.5) is 0 Å². The fourth-order valence-electron chi connectivity index (χ4n) is 3.74. The minimum atomic E-state index is -0.168. The predicted octanol–water partition coefficient (Wildman–Crippen LogP) is 3.24. The lowest BCUT2D eigenvalue weighted by Gasteiger charge is -2.19. The Labute approximate surface area is 133 Å². The number of aromatic nitrogens is 1. The molecule has 0 radical (unpaired) electrons. The van der Waals surface area contributed by atoms with Gasteiger partial charge < -0.3 is 10.1 Å². The number of esters is 1. The van der Waals surface area contributed by atoms with Crippen LogP contribution in [-0.4, -0.2) is 18.1 Å². The van der Waals surface area contributed by atoms with Gasteiger partial charge in [-0.1, -0.05) is 12.1 Å². The van der Waals surface area contributed by atoms with Crippen molar-refractivity contribution in [3.63, 3.8) is 0 Å². The van der Waals surface area contributed by atoms with E-state index in [4.69, 9.17) is 4.74 Å². The zero-order valence-corrected chi connectivity index (χ0v) is 13.3. The normalized spacial score (nSPS) is 23.3. The molecule has 0 spiro atoms. The molecule has 1 heterocycles. The molecule has 2 aromatic rings. The molecule has 1 fully saturated rings. The standard InChI is InChI=1S/C17H18N2O2S/c1-21-17(20)15-10-6-7-11(8-10)16(15)18-9-14-19-12-4-2-3-5-13(12)22-14/h2-5,10-11,18H,6-9H2,1H3. The van der Waals surface area contributed by atoms with Crippen LogP contribution in [0.15, 0.2) is 35.5 Å². The number of rotatable bonds is 4. The number of nitrogens with one attached hydrogen (secondary N) is 1. The molecule has 0 amide bonds. The molecule has 4 nitrogen and oxygen atoms in total. The van der Waals surface area contributed by atoms with Crippen LogP contribution in [0.25, 0.3) is 10.2 Å². The highest BCUT2D eigenvalue weighted by Gasteiger charge is 2.42. The molecule has 2 unspecified atom stereocenters. The van der Waals surface area contributed by atoms with E-state index in [1.165, 1.54) is 18.2 Å². The summed E-state index contributed by atoms with van der Waals surface area (Å²) in [6.45, 7) is 0.679. The maximum absolute atomic E-state index is 12.0. The van der Waals surface area contributed by atoms with Crippen molar-refractivity contribution in [1.29, 1.82) is 0 Å². The number of nitrogens with zero attached hydrogens (tertiary/aromatic N) is 1. The van der Waals surface area contributed by atoms with Gasteiger partial charge in [0.2, 0.25) is 0 Å². The summed E-state index contributed by atoms with van der Waals surface area (Å²) in [4.78, 5) is 16.7. The number of hydrogen-bond donors (Lipinski definition) is 1. The molecule has 2 aliphatic rings. The van der Waals surface area contributed by atoms with Crippen LogP contribution in [0, 0.1) is 11.8 Å². The average molecular weight is 314 g/mol. The number of thiazole rings is 1. The van der Waals surface area contributed by atoms with Gasteiger partial charge in [-0.15, -0.1) is 11.3 Å². The van der Waals surface area contributed by atoms with Crippen molar-refractivity contribution in [3.8, 4) is 0 Å². The molecule has 1 N–H and O–H groups in total. The predicted molar refractivity (Wildman–Crippen MR) is 86.3 cm³/mol. The maximum Gasteiger partial charge on any atom is 0.335 e. The largest absolute Gasteiger partial charge is 0.466 e. The first kappa shape index (κ1) is 13.8. The summed E-state index contributed by atoms with van der Waals surface area (Å²) in [7, 11) is 1.46. The summed E-state index contributed by atoms with van der Waals surface area (Å²) in [6.07, 6.45) is 3.38. The summed E-state index contributed by atoms with van der Waals surface area (Å²) in [6, 6.07) is 8.16. The fourth-order valence-corrected chi connectivity index (χ4v) is 4.65. The molecular formula is C17H18N2O2S. The lowest BCUT2D eigenvalue weighted by atomic mass is 9.96. The summed E-state index contributed by atoms with van der Waals surface area (Å²) in [5.41, 5.74) is 3.02. The zero-order chi connectivity index (χ0) is 15.1. The van der Waals surface area contributed by atoms with Crippen LogP contribution in [0.2, 0.25) is 0 Å². The number of hydrogen-bond acceptors (Lipinski definition) is 5. The van der Waals surface area contributed by atoms with Gasteiger partial charge in [0.25, 0.3) is 0 Å². The SMILES string of the molecule is COC(=O)C1=C(NCc2nc3ccccc3s2)C2CCC1C2. The Bertz CT molecular complexity index is 732. The lowest BCUT2D eigenvalue weighted by Crippen LogP contribution is -2.23. The van der Waals surface area contributed by atoms with E-state index in [1.54, 1.807) is 11.3 Å². The molecule has 1 aromatic heterocycles. The molecular weight excluding hydrogens is 296 g/mol. The minimum absolute atomic E-state index is 0.168. The van der Waals surface area contributed by atoms with Gasteiger partial charge in [-0.25, -0.2) is 9.78 Å². The molecule has 0 saturated heterocycles. The second-order valence-electron chi connectivity index (χ2n) is 5.95. The molecule has 0 aliphatic heterocycles. The number of para-hydroxylation sites is 1. The number of allylic oxidation sites excluding steroid dienone is 1. The summed E-state index contributed by atoms with van der Waals surface area (Å²) in [5.74, 6) is 0.711.